The van der Waals surface area contributed by atoms with Gasteiger partial charge in [-0.2, -0.15) is 18.3 Å². The molecule has 150 valence electrons. The number of carbonyl (C=O) groups is 2. The number of hydrogen-bond donors (Lipinski definition) is 2. The molecule has 1 aliphatic heterocycles. The van der Waals surface area contributed by atoms with Crippen molar-refractivity contribution in [3.05, 3.63) is 59.7 Å². The first-order chi connectivity index (χ1) is 13.8. The number of nitrogens with zero attached hydrogens (tertiary/aromatic N) is 2. The van der Waals surface area contributed by atoms with Crippen LogP contribution in [0.2, 0.25) is 0 Å². The number of nitrogens with one attached hydrogen (secondary N) is 1. The van der Waals surface area contributed by atoms with E-state index in [2.05, 4.69) is 15.5 Å². The molecular weight excluding hydrogens is 407 g/mol. The maximum absolute atomic E-state index is 13.3. The Kier molecular flexibility index (Phi) is 6.02. The van der Waals surface area contributed by atoms with E-state index in [0.29, 0.717) is 11.1 Å². The van der Waals surface area contributed by atoms with Crippen LogP contribution in [0.5, 0.6) is 0 Å². The van der Waals surface area contributed by atoms with E-state index >= 15 is 0 Å². The van der Waals surface area contributed by atoms with Gasteiger partial charge in [-0.1, -0.05) is 54.2 Å². The number of benzene rings is 2. The van der Waals surface area contributed by atoms with Crippen LogP contribution in [0.15, 0.2) is 58.7 Å². The Balaban J connectivity index is 1.86. The summed E-state index contributed by atoms with van der Waals surface area (Å²) in [7, 11) is 0. The zero-order valence-electron chi connectivity index (χ0n) is 14.7. The van der Waals surface area contributed by atoms with Gasteiger partial charge in [-0.25, -0.2) is 0 Å². The summed E-state index contributed by atoms with van der Waals surface area (Å²) in [6, 6.07) is 11.7. The van der Waals surface area contributed by atoms with E-state index in [-0.39, 0.29) is 17.2 Å². The molecule has 1 heterocycles. The molecule has 10 heteroatoms. The van der Waals surface area contributed by atoms with E-state index < -0.39 is 28.9 Å². The highest BCUT2D eigenvalue weighted by Gasteiger charge is 2.34. The maximum Gasteiger partial charge on any atom is 0.417 e. The topological polar surface area (TPSA) is 91.1 Å². The van der Waals surface area contributed by atoms with Gasteiger partial charge >= 0.3 is 12.1 Å². The van der Waals surface area contributed by atoms with Crippen molar-refractivity contribution >= 4 is 35.0 Å². The van der Waals surface area contributed by atoms with Crippen LogP contribution in [0.25, 0.3) is 11.1 Å². The van der Waals surface area contributed by atoms with Crippen molar-refractivity contribution < 1.29 is 27.9 Å². The molecule has 2 aromatic rings. The zero-order valence-corrected chi connectivity index (χ0v) is 15.5. The molecule has 0 bridgehead atoms. The Labute approximate surface area is 167 Å². The van der Waals surface area contributed by atoms with Crippen LogP contribution in [0.4, 0.5) is 13.2 Å². The summed E-state index contributed by atoms with van der Waals surface area (Å²) in [6.07, 6.45) is -3.58. The van der Waals surface area contributed by atoms with Crippen LogP contribution >= 0.6 is 11.8 Å². The van der Waals surface area contributed by atoms with Crippen LogP contribution in [-0.2, 0) is 15.8 Å². The summed E-state index contributed by atoms with van der Waals surface area (Å²) in [5.41, 5.74) is -0.0109. The van der Waals surface area contributed by atoms with Gasteiger partial charge in [0.25, 0.3) is 0 Å². The second-order valence-electron chi connectivity index (χ2n) is 5.97. The number of thioether (sulfide) groups is 1. The maximum atomic E-state index is 13.3. The highest BCUT2D eigenvalue weighted by Crippen LogP contribution is 2.37. The molecule has 29 heavy (non-hydrogen) atoms. The monoisotopic (exact) mass is 421 g/mol. The van der Waals surface area contributed by atoms with Crippen molar-refractivity contribution in [2.75, 3.05) is 0 Å². The van der Waals surface area contributed by atoms with Crippen molar-refractivity contribution in [3.8, 4) is 11.1 Å². The lowest BCUT2D eigenvalue weighted by Gasteiger charge is -2.14. The second-order valence-corrected chi connectivity index (χ2v) is 7.17. The molecule has 0 aliphatic carbocycles. The van der Waals surface area contributed by atoms with Gasteiger partial charge in [0.1, 0.15) is 5.25 Å². The Morgan fingerprint density at radius 3 is 2.48 bits per heavy atom. The lowest BCUT2D eigenvalue weighted by molar-refractivity contribution is -0.138. The Morgan fingerprint density at radius 1 is 1.14 bits per heavy atom. The summed E-state index contributed by atoms with van der Waals surface area (Å²) >= 11 is 0.935. The average Bonchev–Trinajstić information content (AvgIpc) is 3.00. The number of carbonyl (C=O) groups excluding carboxylic acids is 1. The fourth-order valence-electron chi connectivity index (χ4n) is 2.71. The third-order valence-corrected chi connectivity index (χ3v) is 5.04. The largest absolute Gasteiger partial charge is 0.481 e. The van der Waals surface area contributed by atoms with E-state index in [1.165, 1.54) is 24.4 Å². The molecule has 1 unspecified atom stereocenters. The van der Waals surface area contributed by atoms with Gasteiger partial charge in [0, 0.05) is 5.56 Å². The smallest absolute Gasteiger partial charge is 0.417 e. The minimum atomic E-state index is -4.51. The van der Waals surface area contributed by atoms with E-state index in [0.717, 1.165) is 17.8 Å². The molecule has 0 aromatic heterocycles. The van der Waals surface area contributed by atoms with Gasteiger partial charge in [-0.05, 0) is 17.2 Å². The van der Waals surface area contributed by atoms with Gasteiger partial charge in [0.2, 0.25) is 5.91 Å². The van der Waals surface area contributed by atoms with Gasteiger partial charge in [0.05, 0.1) is 18.2 Å². The van der Waals surface area contributed by atoms with Gasteiger partial charge in [0.15, 0.2) is 5.17 Å². The molecule has 2 N–H and O–H groups in total. The van der Waals surface area contributed by atoms with Gasteiger partial charge in [-0.3, -0.25) is 9.59 Å². The molecule has 6 nitrogen and oxygen atoms in total. The molecule has 0 spiro atoms. The quantitative estimate of drug-likeness (QED) is 0.568. The number of hydrogen-bond acceptors (Lipinski definition) is 5. The van der Waals surface area contributed by atoms with E-state index in [1.807, 2.05) is 0 Å². The highest BCUT2D eigenvalue weighted by atomic mass is 32.2. The minimum absolute atomic E-state index is 0.0137. The number of carboxylic acid groups (broad SMARTS) is 1. The Hall–Kier alpha value is -3.14. The summed E-state index contributed by atoms with van der Waals surface area (Å²) in [4.78, 5) is 22.4. The molecule has 0 saturated carbocycles. The lowest BCUT2D eigenvalue weighted by Crippen LogP contribution is -2.26. The first-order valence-electron chi connectivity index (χ1n) is 8.31. The molecular formula is C19H14F3N3O3S. The van der Waals surface area contributed by atoms with Gasteiger partial charge in [-0.15, -0.1) is 5.10 Å². The Morgan fingerprint density at radius 2 is 1.79 bits per heavy atom. The average molecular weight is 421 g/mol. The van der Waals surface area contributed by atoms with Gasteiger partial charge < -0.3 is 10.4 Å². The molecule has 1 atom stereocenters. The van der Waals surface area contributed by atoms with E-state index in [9.17, 15) is 22.8 Å². The van der Waals surface area contributed by atoms with E-state index in [1.54, 1.807) is 24.3 Å². The molecule has 1 aliphatic rings. The minimum Gasteiger partial charge on any atom is -0.481 e. The van der Waals surface area contributed by atoms with Crippen LogP contribution in [0, 0.1) is 0 Å². The predicted molar refractivity (Wildman–Crippen MR) is 104 cm³/mol. The summed E-state index contributed by atoms with van der Waals surface area (Å²) < 4.78 is 40.0. The van der Waals surface area contributed by atoms with Crippen molar-refractivity contribution in [3.63, 3.8) is 0 Å². The summed E-state index contributed by atoms with van der Waals surface area (Å²) in [5, 5.41) is 18.2. The fourth-order valence-corrected chi connectivity index (χ4v) is 3.62. The van der Waals surface area contributed by atoms with Crippen LogP contribution < -0.4 is 5.32 Å². The number of halogens is 3. The lowest BCUT2D eigenvalue weighted by atomic mass is 9.95. The second kappa shape index (κ2) is 8.48. The standard InChI is InChI=1S/C19H14F3N3O3S/c20-19(21,22)14-8-4-3-7-13(14)12-6-2-1-5-11(12)10-23-25-18-24-17(28)15(29-18)9-16(26)27/h1-8,10,15H,9H2,(H,26,27)(H,24,25,28). The van der Waals surface area contributed by atoms with Crippen molar-refractivity contribution in [2.45, 2.75) is 17.8 Å². The number of amides is 1. The number of alkyl halides is 3. The predicted octanol–water partition coefficient (Wildman–Crippen LogP) is 3.77. The first-order valence-corrected chi connectivity index (χ1v) is 9.19. The molecule has 1 amide bonds. The third kappa shape index (κ3) is 5.02. The molecule has 2 aromatic carbocycles. The van der Waals surface area contributed by atoms with Crippen LogP contribution in [0.1, 0.15) is 17.5 Å². The van der Waals surface area contributed by atoms with E-state index in [4.69, 9.17) is 5.11 Å². The first kappa shape index (κ1) is 20.6. The van der Waals surface area contributed by atoms with Crippen LogP contribution in [-0.4, -0.2) is 33.6 Å². The van der Waals surface area contributed by atoms with Crippen molar-refractivity contribution in [1.29, 1.82) is 0 Å². The number of aliphatic carboxylic acids is 1. The number of carboxylic acids is 1. The molecule has 0 radical (unpaired) electrons. The molecule has 1 fully saturated rings. The number of amidine groups is 1. The summed E-state index contributed by atoms with van der Waals surface area (Å²) in [6.45, 7) is 0. The SMILES string of the molecule is O=C(O)CC1SC(=NN=Cc2ccccc2-c2ccccc2C(F)(F)F)NC1=O. The molecule has 3 rings (SSSR count). The normalized spacial score (nSPS) is 18.4. The van der Waals surface area contributed by atoms with Crippen molar-refractivity contribution in [1.82, 2.24) is 5.32 Å². The van der Waals surface area contributed by atoms with Crippen molar-refractivity contribution in [2.24, 2.45) is 10.2 Å². The third-order valence-electron chi connectivity index (χ3n) is 3.97. The fraction of sp³-hybridized carbons (Fsp3) is 0.158. The summed E-state index contributed by atoms with van der Waals surface area (Å²) in [5.74, 6) is -1.59. The Bertz CT molecular complexity index is 1010. The molecule has 1 saturated heterocycles. The highest BCUT2D eigenvalue weighted by molar-refractivity contribution is 8.15. The number of rotatable bonds is 5. The zero-order chi connectivity index (χ0) is 21.0. The van der Waals surface area contributed by atoms with Crippen LogP contribution in [0.3, 0.4) is 0 Å².